The molecule has 1 saturated carbocycles. The van der Waals surface area contributed by atoms with Crippen molar-refractivity contribution in [1.29, 1.82) is 0 Å². The summed E-state index contributed by atoms with van der Waals surface area (Å²) in [7, 11) is 4.59. The largest absolute Gasteiger partial charge is 0.493 e. The van der Waals surface area contributed by atoms with Crippen LogP contribution in [0.4, 0.5) is 0 Å². The zero-order chi connectivity index (χ0) is 31.1. The summed E-state index contributed by atoms with van der Waals surface area (Å²) in [5, 5.41) is 3.27. The first kappa shape index (κ1) is 31.0. The van der Waals surface area contributed by atoms with Gasteiger partial charge < -0.3 is 33.9 Å². The minimum Gasteiger partial charge on any atom is -0.493 e. The molecule has 3 aromatic carbocycles. The van der Waals surface area contributed by atoms with Crippen molar-refractivity contribution >= 4 is 11.8 Å². The number of nitrogens with zero attached hydrogens (tertiary/aromatic N) is 1. The Hall–Kier alpha value is -4.40. The first-order valence-corrected chi connectivity index (χ1v) is 15.3. The average Bonchev–Trinajstić information content (AvgIpc) is 3.06. The van der Waals surface area contributed by atoms with E-state index in [1.165, 1.54) is 21.3 Å². The number of hydrogen-bond donors (Lipinski definition) is 1. The van der Waals surface area contributed by atoms with E-state index in [1.54, 1.807) is 23.1 Å². The smallest absolute Gasteiger partial charge is 0.268 e. The number of aryl methyl sites for hydroxylation is 1. The maximum Gasteiger partial charge on any atom is 0.268 e. The molecule has 0 bridgehead atoms. The summed E-state index contributed by atoms with van der Waals surface area (Å²) in [5.74, 6) is 1.67. The number of fused-ring (bicyclic) bond motifs is 1. The Kier molecular flexibility index (Phi) is 10.1. The van der Waals surface area contributed by atoms with Gasteiger partial charge in [0.15, 0.2) is 23.0 Å². The number of amides is 2. The third kappa shape index (κ3) is 6.87. The van der Waals surface area contributed by atoms with E-state index in [9.17, 15) is 9.59 Å². The van der Waals surface area contributed by atoms with Gasteiger partial charge in [-0.25, -0.2) is 0 Å². The normalized spacial score (nSPS) is 16.9. The second-order valence-corrected chi connectivity index (χ2v) is 11.3. The fourth-order valence-corrected chi connectivity index (χ4v) is 6.08. The molecule has 0 aromatic heterocycles. The highest BCUT2D eigenvalue weighted by atomic mass is 16.6. The molecule has 1 aliphatic heterocycles. The van der Waals surface area contributed by atoms with Crippen molar-refractivity contribution in [1.82, 2.24) is 10.2 Å². The Morgan fingerprint density at radius 1 is 0.909 bits per heavy atom. The maximum atomic E-state index is 14.5. The van der Waals surface area contributed by atoms with Crippen molar-refractivity contribution in [2.75, 3.05) is 34.5 Å². The van der Waals surface area contributed by atoms with Crippen LogP contribution >= 0.6 is 0 Å². The van der Waals surface area contributed by atoms with E-state index in [2.05, 4.69) is 5.32 Å². The van der Waals surface area contributed by atoms with Crippen molar-refractivity contribution in [2.24, 2.45) is 0 Å². The average molecular weight is 603 g/mol. The SMILES string of the molecule is COc1cc([C@H](C(=O)NC2CCCCC2)N(CCc2ccccc2C)C(=O)[C@H]2COc3ccccc3O2)cc(OC)c1OC. The summed E-state index contributed by atoms with van der Waals surface area (Å²) < 4.78 is 29.0. The molecule has 44 heavy (non-hydrogen) atoms. The molecule has 1 aliphatic carbocycles. The number of nitrogens with one attached hydrogen (secondary N) is 1. The lowest BCUT2D eigenvalue weighted by molar-refractivity contribution is -0.148. The molecule has 0 spiro atoms. The molecule has 1 heterocycles. The Balaban J connectivity index is 1.57. The third-order valence-electron chi connectivity index (χ3n) is 8.46. The fraction of sp³-hybridized carbons (Fsp3) is 0.429. The van der Waals surface area contributed by atoms with E-state index in [-0.39, 0.29) is 31.0 Å². The van der Waals surface area contributed by atoms with Gasteiger partial charge in [0.25, 0.3) is 5.91 Å². The van der Waals surface area contributed by atoms with E-state index in [4.69, 9.17) is 23.7 Å². The third-order valence-corrected chi connectivity index (χ3v) is 8.46. The molecule has 9 nitrogen and oxygen atoms in total. The number of carbonyl (C=O) groups is 2. The van der Waals surface area contributed by atoms with Crippen LogP contribution in [0, 0.1) is 6.92 Å². The predicted molar refractivity (Wildman–Crippen MR) is 167 cm³/mol. The lowest BCUT2D eigenvalue weighted by Gasteiger charge is -2.36. The van der Waals surface area contributed by atoms with Crippen LogP contribution in [-0.4, -0.2) is 63.3 Å². The van der Waals surface area contributed by atoms with E-state index in [1.807, 2.05) is 49.4 Å². The number of ether oxygens (including phenoxy) is 5. The van der Waals surface area contributed by atoms with Crippen LogP contribution in [0.5, 0.6) is 28.7 Å². The van der Waals surface area contributed by atoms with Gasteiger partial charge in [0.05, 0.1) is 21.3 Å². The van der Waals surface area contributed by atoms with Gasteiger partial charge in [0.2, 0.25) is 17.8 Å². The van der Waals surface area contributed by atoms with Crippen LogP contribution in [0.3, 0.4) is 0 Å². The Morgan fingerprint density at radius 3 is 2.23 bits per heavy atom. The molecule has 2 amide bonds. The molecular formula is C35H42N2O7. The van der Waals surface area contributed by atoms with Gasteiger partial charge in [-0.3, -0.25) is 9.59 Å². The highest BCUT2D eigenvalue weighted by Gasteiger charge is 2.39. The van der Waals surface area contributed by atoms with Gasteiger partial charge in [0.1, 0.15) is 12.6 Å². The molecule has 0 saturated heterocycles. The topological polar surface area (TPSA) is 95.6 Å². The standard InChI is InChI=1S/C35H42N2O7/c1-23-12-8-9-13-24(23)18-19-37(35(39)31-22-43-27-16-10-11-17-28(27)44-31)32(34(38)36-26-14-6-5-7-15-26)25-20-29(40-2)33(42-4)30(21-25)41-3/h8-13,16-17,20-21,26,31-32H,5-7,14-15,18-19,22H2,1-4H3,(H,36,38)/t31-,32-/m1/s1. The quantitative estimate of drug-likeness (QED) is 0.313. The van der Waals surface area contributed by atoms with Crippen LogP contribution in [0.1, 0.15) is 54.8 Å². The van der Waals surface area contributed by atoms with Gasteiger partial charge in [0, 0.05) is 12.6 Å². The molecular weight excluding hydrogens is 560 g/mol. The summed E-state index contributed by atoms with van der Waals surface area (Å²) in [5.41, 5.74) is 2.75. The summed E-state index contributed by atoms with van der Waals surface area (Å²) in [6, 6.07) is 17.9. The summed E-state index contributed by atoms with van der Waals surface area (Å²) in [4.78, 5) is 30.5. The van der Waals surface area contributed by atoms with Crippen molar-refractivity contribution in [3.05, 3.63) is 77.4 Å². The van der Waals surface area contributed by atoms with Crippen molar-refractivity contribution in [2.45, 2.75) is 63.6 Å². The first-order valence-electron chi connectivity index (χ1n) is 15.3. The van der Waals surface area contributed by atoms with Crippen LogP contribution in [0.2, 0.25) is 0 Å². The first-order chi connectivity index (χ1) is 21.4. The zero-order valence-corrected chi connectivity index (χ0v) is 26.0. The lowest BCUT2D eigenvalue weighted by atomic mass is 9.94. The highest BCUT2D eigenvalue weighted by molar-refractivity contribution is 5.91. The molecule has 2 aliphatic rings. The van der Waals surface area contributed by atoms with Crippen LogP contribution in [-0.2, 0) is 16.0 Å². The van der Waals surface area contributed by atoms with Crippen LogP contribution in [0.25, 0.3) is 0 Å². The van der Waals surface area contributed by atoms with Gasteiger partial charge in [-0.1, -0.05) is 55.7 Å². The summed E-state index contributed by atoms with van der Waals surface area (Å²) in [6.07, 6.45) is 4.69. The van der Waals surface area contributed by atoms with E-state index in [0.29, 0.717) is 40.7 Å². The Morgan fingerprint density at radius 2 is 1.57 bits per heavy atom. The number of carbonyl (C=O) groups excluding carboxylic acids is 2. The van der Waals surface area contributed by atoms with Crippen molar-refractivity contribution < 1.29 is 33.3 Å². The summed E-state index contributed by atoms with van der Waals surface area (Å²) in [6.45, 7) is 2.34. The van der Waals surface area contributed by atoms with Gasteiger partial charge in [-0.15, -0.1) is 0 Å². The van der Waals surface area contributed by atoms with Crippen molar-refractivity contribution in [3.8, 4) is 28.7 Å². The zero-order valence-electron chi connectivity index (χ0n) is 26.0. The lowest BCUT2D eigenvalue weighted by Crippen LogP contribution is -2.53. The van der Waals surface area contributed by atoms with Crippen LogP contribution < -0.4 is 29.0 Å². The molecule has 1 N–H and O–H groups in total. The van der Waals surface area contributed by atoms with E-state index >= 15 is 0 Å². The predicted octanol–water partition coefficient (Wildman–Crippen LogP) is 5.42. The number of benzene rings is 3. The van der Waals surface area contributed by atoms with Gasteiger partial charge in [-0.2, -0.15) is 0 Å². The minimum atomic E-state index is -0.997. The molecule has 5 rings (SSSR count). The number of para-hydroxylation sites is 2. The second-order valence-electron chi connectivity index (χ2n) is 11.3. The van der Waals surface area contributed by atoms with Crippen LogP contribution in [0.15, 0.2) is 60.7 Å². The van der Waals surface area contributed by atoms with E-state index < -0.39 is 12.1 Å². The van der Waals surface area contributed by atoms with Gasteiger partial charge >= 0.3 is 0 Å². The second kappa shape index (κ2) is 14.4. The minimum absolute atomic E-state index is 0.0307. The monoisotopic (exact) mass is 602 g/mol. The molecule has 2 atom stereocenters. The number of rotatable bonds is 11. The molecule has 0 unspecified atom stereocenters. The van der Waals surface area contributed by atoms with Crippen molar-refractivity contribution in [3.63, 3.8) is 0 Å². The number of methoxy groups -OCH3 is 3. The molecule has 9 heteroatoms. The maximum absolute atomic E-state index is 14.5. The fourth-order valence-electron chi connectivity index (χ4n) is 6.08. The summed E-state index contributed by atoms with van der Waals surface area (Å²) >= 11 is 0. The number of hydrogen-bond acceptors (Lipinski definition) is 7. The Labute approximate surface area is 259 Å². The Bertz CT molecular complexity index is 1430. The molecule has 3 aromatic rings. The van der Waals surface area contributed by atoms with E-state index in [0.717, 1.165) is 43.2 Å². The highest BCUT2D eigenvalue weighted by Crippen LogP contribution is 2.41. The molecule has 0 radical (unpaired) electrons. The molecule has 1 fully saturated rings. The van der Waals surface area contributed by atoms with Gasteiger partial charge in [-0.05, 0) is 67.1 Å². The molecule has 234 valence electrons.